The van der Waals surface area contributed by atoms with Gasteiger partial charge in [-0.3, -0.25) is 0 Å². The zero-order valence-corrected chi connectivity index (χ0v) is 14.8. The summed E-state index contributed by atoms with van der Waals surface area (Å²) in [6, 6.07) is 7.92. The fourth-order valence-electron chi connectivity index (χ4n) is 3.72. The zero-order chi connectivity index (χ0) is 17.7. The van der Waals surface area contributed by atoms with Gasteiger partial charge in [0, 0.05) is 17.4 Å². The second-order valence-corrected chi connectivity index (χ2v) is 7.08. The van der Waals surface area contributed by atoms with E-state index >= 15 is 0 Å². The Morgan fingerprint density at radius 2 is 2.15 bits per heavy atom. The number of para-hydroxylation sites is 1. The van der Waals surface area contributed by atoms with Crippen molar-refractivity contribution >= 4 is 39.4 Å². The second-order valence-electron chi connectivity index (χ2n) is 6.71. The van der Waals surface area contributed by atoms with E-state index in [0.717, 1.165) is 53.7 Å². The van der Waals surface area contributed by atoms with E-state index in [2.05, 4.69) is 20.3 Å². The Hall–Kier alpha value is -2.64. The minimum absolute atomic E-state index is 0.413. The van der Waals surface area contributed by atoms with Crippen LogP contribution < -0.4 is 11.1 Å². The number of aromatic amines is 1. The Bertz CT molecular complexity index is 1110. The van der Waals surface area contributed by atoms with E-state index in [9.17, 15) is 0 Å². The first kappa shape index (κ1) is 15.6. The van der Waals surface area contributed by atoms with Crippen LogP contribution in [0.3, 0.4) is 0 Å². The van der Waals surface area contributed by atoms with E-state index < -0.39 is 0 Å². The van der Waals surface area contributed by atoms with Gasteiger partial charge in [0.2, 0.25) is 0 Å². The molecule has 132 valence electrons. The third-order valence-electron chi connectivity index (χ3n) is 5.03. The van der Waals surface area contributed by atoms with Gasteiger partial charge in [0.25, 0.3) is 0 Å². The predicted octanol–water partition coefficient (Wildman–Crippen LogP) is 2.82. The molecule has 0 bridgehead atoms. The maximum atomic E-state index is 6.65. The summed E-state index contributed by atoms with van der Waals surface area (Å²) in [6.45, 7) is 2.82. The number of aromatic nitrogens is 5. The molecule has 0 saturated carbocycles. The minimum atomic E-state index is 0.413. The van der Waals surface area contributed by atoms with Crippen molar-refractivity contribution in [2.75, 3.05) is 18.8 Å². The summed E-state index contributed by atoms with van der Waals surface area (Å²) in [6.07, 6.45) is 2.61. The van der Waals surface area contributed by atoms with Crippen molar-refractivity contribution in [2.24, 2.45) is 5.92 Å². The molecule has 1 saturated heterocycles. The Labute approximate surface area is 154 Å². The van der Waals surface area contributed by atoms with Crippen LogP contribution in [0, 0.1) is 5.92 Å². The molecular formula is C18H18ClN7. The number of rotatable bonds is 3. The van der Waals surface area contributed by atoms with Gasteiger partial charge in [-0.2, -0.15) is 5.10 Å². The van der Waals surface area contributed by atoms with Crippen molar-refractivity contribution in [1.82, 2.24) is 30.0 Å². The predicted molar refractivity (Wildman–Crippen MR) is 103 cm³/mol. The molecule has 26 heavy (non-hydrogen) atoms. The molecule has 7 nitrogen and oxygen atoms in total. The number of fused-ring (bicyclic) bond motifs is 2. The third kappa shape index (κ3) is 2.35. The lowest BCUT2D eigenvalue weighted by Gasteiger charge is -2.08. The third-order valence-corrected chi connectivity index (χ3v) is 5.42. The topological polar surface area (TPSA) is 97.4 Å². The summed E-state index contributed by atoms with van der Waals surface area (Å²) in [5, 5.41) is 10.6. The molecule has 4 N–H and O–H groups in total. The highest BCUT2D eigenvalue weighted by Crippen LogP contribution is 2.38. The lowest BCUT2D eigenvalue weighted by atomic mass is 10.1. The van der Waals surface area contributed by atoms with Crippen LogP contribution in [0.2, 0.25) is 5.02 Å². The van der Waals surface area contributed by atoms with Gasteiger partial charge in [0.05, 0.1) is 16.1 Å². The largest absolute Gasteiger partial charge is 0.383 e. The average molecular weight is 368 g/mol. The standard InChI is InChI=1S/C18H18ClN7/c19-14-11-3-1-2-4-12(11)24-16(14)15-13-17(20)22-9-23-18(13)26(25-15)8-10-5-6-21-7-10/h1-4,9-10,21,24H,5-8H2,(H2,20,22,23). The van der Waals surface area contributed by atoms with Gasteiger partial charge in [-0.05, 0) is 31.5 Å². The van der Waals surface area contributed by atoms with Crippen LogP contribution in [-0.4, -0.2) is 37.8 Å². The summed E-state index contributed by atoms with van der Waals surface area (Å²) in [5.74, 6) is 0.941. The summed E-state index contributed by atoms with van der Waals surface area (Å²) in [4.78, 5) is 12.0. The SMILES string of the molecule is Nc1ncnc2c1c(-c1[nH]c3ccccc3c1Cl)nn2CC1CCNC1. The van der Waals surface area contributed by atoms with Crippen molar-refractivity contribution in [3.05, 3.63) is 35.6 Å². The summed E-state index contributed by atoms with van der Waals surface area (Å²) < 4.78 is 1.93. The molecule has 1 aliphatic rings. The molecule has 1 aliphatic heterocycles. The normalized spacial score (nSPS) is 17.5. The summed E-state index contributed by atoms with van der Waals surface area (Å²) in [7, 11) is 0. The fraction of sp³-hybridized carbons (Fsp3) is 0.278. The van der Waals surface area contributed by atoms with Gasteiger partial charge in [0.15, 0.2) is 5.65 Å². The monoisotopic (exact) mass is 367 g/mol. The van der Waals surface area contributed by atoms with Crippen molar-refractivity contribution in [3.8, 4) is 11.4 Å². The summed E-state index contributed by atoms with van der Waals surface area (Å²) in [5.41, 5.74) is 9.35. The van der Waals surface area contributed by atoms with Gasteiger partial charge in [-0.25, -0.2) is 14.6 Å². The molecule has 0 aliphatic carbocycles. The van der Waals surface area contributed by atoms with Crippen molar-refractivity contribution in [3.63, 3.8) is 0 Å². The lowest BCUT2D eigenvalue weighted by molar-refractivity contribution is 0.458. The van der Waals surface area contributed by atoms with Crippen LogP contribution in [0.1, 0.15) is 6.42 Å². The molecule has 4 aromatic rings. The number of H-pyrrole nitrogens is 1. The second kappa shape index (κ2) is 5.96. The van der Waals surface area contributed by atoms with Crippen LogP contribution in [-0.2, 0) is 6.54 Å². The number of nitrogens with zero attached hydrogens (tertiary/aromatic N) is 4. The van der Waals surface area contributed by atoms with Crippen molar-refractivity contribution in [2.45, 2.75) is 13.0 Å². The first-order chi connectivity index (χ1) is 12.7. The number of hydrogen-bond donors (Lipinski definition) is 3. The highest BCUT2D eigenvalue weighted by Gasteiger charge is 2.23. The Morgan fingerprint density at radius 3 is 2.96 bits per heavy atom. The van der Waals surface area contributed by atoms with Crippen LogP contribution >= 0.6 is 11.6 Å². The molecule has 1 unspecified atom stereocenters. The minimum Gasteiger partial charge on any atom is -0.383 e. The zero-order valence-electron chi connectivity index (χ0n) is 14.0. The van der Waals surface area contributed by atoms with E-state index in [0.29, 0.717) is 22.5 Å². The van der Waals surface area contributed by atoms with E-state index in [1.807, 2.05) is 28.9 Å². The molecule has 3 aromatic heterocycles. The molecular weight excluding hydrogens is 350 g/mol. The molecule has 1 fully saturated rings. The van der Waals surface area contributed by atoms with Crippen molar-refractivity contribution in [1.29, 1.82) is 0 Å². The molecule has 0 radical (unpaired) electrons. The van der Waals surface area contributed by atoms with E-state index in [1.54, 1.807) is 0 Å². The lowest BCUT2D eigenvalue weighted by Crippen LogP contribution is -2.15. The van der Waals surface area contributed by atoms with Gasteiger partial charge in [0.1, 0.15) is 17.8 Å². The first-order valence-electron chi connectivity index (χ1n) is 8.66. The van der Waals surface area contributed by atoms with Gasteiger partial charge < -0.3 is 16.0 Å². The van der Waals surface area contributed by atoms with E-state index in [1.165, 1.54) is 6.33 Å². The number of halogens is 1. The average Bonchev–Trinajstić information content (AvgIpc) is 3.35. The van der Waals surface area contributed by atoms with E-state index in [4.69, 9.17) is 22.4 Å². The van der Waals surface area contributed by atoms with Crippen LogP contribution in [0.25, 0.3) is 33.3 Å². The maximum absolute atomic E-state index is 6.65. The fourth-order valence-corrected chi connectivity index (χ4v) is 4.02. The highest BCUT2D eigenvalue weighted by molar-refractivity contribution is 6.38. The Balaban J connectivity index is 1.72. The molecule has 0 spiro atoms. The first-order valence-corrected chi connectivity index (χ1v) is 9.04. The molecule has 5 rings (SSSR count). The summed E-state index contributed by atoms with van der Waals surface area (Å²) >= 11 is 6.65. The molecule has 8 heteroatoms. The van der Waals surface area contributed by atoms with Gasteiger partial charge >= 0.3 is 0 Å². The molecule has 1 atom stereocenters. The van der Waals surface area contributed by atoms with Gasteiger partial charge in [-0.15, -0.1) is 0 Å². The maximum Gasteiger partial charge on any atom is 0.164 e. The number of nitrogen functional groups attached to an aromatic ring is 1. The van der Waals surface area contributed by atoms with Gasteiger partial charge in [-0.1, -0.05) is 29.8 Å². The van der Waals surface area contributed by atoms with Crippen LogP contribution in [0.5, 0.6) is 0 Å². The van der Waals surface area contributed by atoms with Crippen molar-refractivity contribution < 1.29 is 0 Å². The Morgan fingerprint density at radius 1 is 1.27 bits per heavy atom. The quantitative estimate of drug-likeness (QED) is 0.517. The Kier molecular flexibility index (Phi) is 3.58. The number of nitrogens with one attached hydrogen (secondary N) is 2. The van der Waals surface area contributed by atoms with Crippen LogP contribution in [0.15, 0.2) is 30.6 Å². The number of hydrogen-bond acceptors (Lipinski definition) is 5. The smallest absolute Gasteiger partial charge is 0.164 e. The molecule has 1 aromatic carbocycles. The molecule has 0 amide bonds. The number of anilines is 1. The number of nitrogens with two attached hydrogens (primary N) is 1. The molecule has 4 heterocycles. The number of benzene rings is 1. The van der Waals surface area contributed by atoms with E-state index in [-0.39, 0.29) is 0 Å². The highest BCUT2D eigenvalue weighted by atomic mass is 35.5. The van der Waals surface area contributed by atoms with Crippen LogP contribution in [0.4, 0.5) is 5.82 Å².